The molecular weight excluding hydrogens is 110 g/mol. The van der Waals surface area contributed by atoms with Crippen LogP contribution < -0.4 is 4.72 Å². The Labute approximate surface area is 47.8 Å². The van der Waals surface area contributed by atoms with E-state index in [1.165, 1.54) is 0 Å². The van der Waals surface area contributed by atoms with E-state index in [0.717, 1.165) is 12.3 Å². The smallest absolute Gasteiger partial charge is 0.0807 e. The molecule has 1 unspecified atom stereocenters. The number of hydrogen-bond donors (Lipinski definition) is 1. The van der Waals surface area contributed by atoms with Crippen LogP contribution in [0.25, 0.3) is 0 Å². The maximum atomic E-state index is 5.03. The van der Waals surface area contributed by atoms with Crippen molar-refractivity contribution >= 4 is 11.9 Å². The van der Waals surface area contributed by atoms with E-state index >= 15 is 0 Å². The third-order valence-corrected chi connectivity index (χ3v) is 1.92. The zero-order valence-electron chi connectivity index (χ0n) is 4.31. The second-order valence-corrected chi connectivity index (χ2v) is 2.43. The summed E-state index contributed by atoms with van der Waals surface area (Å²) in [6.45, 7) is 1.00. The molecule has 1 N–H and O–H groups in total. The molecule has 0 saturated carbocycles. The summed E-state index contributed by atoms with van der Waals surface area (Å²) >= 11 is 1.73. The van der Waals surface area contributed by atoms with Crippen molar-refractivity contribution in [3.05, 3.63) is 0 Å². The molecule has 1 heterocycles. The van der Waals surface area contributed by atoms with E-state index < -0.39 is 0 Å². The van der Waals surface area contributed by atoms with Crippen molar-refractivity contribution < 1.29 is 4.74 Å². The summed E-state index contributed by atoms with van der Waals surface area (Å²) in [7, 11) is 1.75. The van der Waals surface area contributed by atoms with Crippen molar-refractivity contribution in [2.24, 2.45) is 0 Å². The second-order valence-electron chi connectivity index (χ2n) is 1.52. The van der Waals surface area contributed by atoms with Gasteiger partial charge in [-0.05, 0) is 0 Å². The lowest BCUT2D eigenvalue weighted by atomic mass is 10.4. The van der Waals surface area contributed by atoms with E-state index in [4.69, 9.17) is 4.74 Å². The van der Waals surface area contributed by atoms with Crippen LogP contribution in [0.5, 0.6) is 0 Å². The van der Waals surface area contributed by atoms with Crippen LogP contribution in [-0.4, -0.2) is 25.5 Å². The Morgan fingerprint density at radius 2 is 2.71 bits per heavy atom. The van der Waals surface area contributed by atoms with Crippen LogP contribution in [0.3, 0.4) is 0 Å². The topological polar surface area (TPSA) is 21.3 Å². The predicted octanol–water partition coefficient (Wildman–Crippen LogP) is 0.253. The van der Waals surface area contributed by atoms with E-state index in [9.17, 15) is 0 Å². The monoisotopic (exact) mass is 119 g/mol. The van der Waals surface area contributed by atoms with Gasteiger partial charge in [-0.15, -0.1) is 0 Å². The van der Waals surface area contributed by atoms with Crippen molar-refractivity contribution in [2.75, 3.05) is 19.4 Å². The highest BCUT2D eigenvalue weighted by molar-refractivity contribution is 7.97. The lowest BCUT2D eigenvalue weighted by Gasteiger charge is -2.00. The largest absolute Gasteiger partial charge is 0.379 e. The number of ether oxygens (including phenoxy) is 1. The van der Waals surface area contributed by atoms with Gasteiger partial charge in [0, 0.05) is 19.4 Å². The molecule has 3 heteroatoms. The zero-order valence-corrected chi connectivity index (χ0v) is 5.12. The lowest BCUT2D eigenvalue weighted by molar-refractivity contribution is 0.132. The molecule has 2 nitrogen and oxygen atoms in total. The minimum Gasteiger partial charge on any atom is -0.379 e. The maximum Gasteiger partial charge on any atom is 0.0807 e. The molecule has 0 bridgehead atoms. The Balaban J connectivity index is 2.14. The van der Waals surface area contributed by atoms with Crippen LogP contribution in [0.2, 0.25) is 0 Å². The first-order valence-corrected chi connectivity index (χ1v) is 3.29. The van der Waals surface area contributed by atoms with Crippen molar-refractivity contribution in [1.82, 2.24) is 4.72 Å². The van der Waals surface area contributed by atoms with Gasteiger partial charge in [-0.25, -0.2) is 0 Å². The van der Waals surface area contributed by atoms with Gasteiger partial charge in [0.25, 0.3) is 0 Å². The lowest BCUT2D eigenvalue weighted by Crippen LogP contribution is -2.15. The molecular formula is C4H9NOS. The summed E-state index contributed by atoms with van der Waals surface area (Å²) in [4.78, 5) is 0. The van der Waals surface area contributed by atoms with E-state index in [1.54, 1.807) is 19.1 Å². The van der Waals surface area contributed by atoms with Gasteiger partial charge in [0.2, 0.25) is 0 Å². The third-order valence-electron chi connectivity index (χ3n) is 1.02. The number of hydrogen-bond acceptors (Lipinski definition) is 3. The first kappa shape index (κ1) is 5.41. The fraction of sp³-hybridized carbons (Fsp3) is 1.00. The normalized spacial score (nSPS) is 31.3. The van der Waals surface area contributed by atoms with E-state index in [0.29, 0.717) is 6.10 Å². The van der Waals surface area contributed by atoms with Gasteiger partial charge in [0.05, 0.1) is 6.10 Å². The molecule has 0 amide bonds. The number of rotatable bonds is 1. The van der Waals surface area contributed by atoms with Crippen molar-refractivity contribution in [3.63, 3.8) is 0 Å². The molecule has 0 spiro atoms. The van der Waals surface area contributed by atoms with Crippen LogP contribution in [0.4, 0.5) is 0 Å². The van der Waals surface area contributed by atoms with Gasteiger partial charge < -0.3 is 4.74 Å². The Bertz CT molecular complexity index is 53.7. The summed E-state index contributed by atoms with van der Waals surface area (Å²) in [5.41, 5.74) is 0. The standard InChI is InChI=1S/C4H9NOS/c1-6-4-2-5-7-3-4/h4-5H,2-3H2,1H3. The SMILES string of the molecule is COC1CNSC1. The van der Waals surface area contributed by atoms with Gasteiger partial charge in [-0.2, -0.15) is 0 Å². The molecule has 1 atom stereocenters. The molecule has 1 fully saturated rings. The number of methoxy groups -OCH3 is 1. The fourth-order valence-corrected chi connectivity index (χ4v) is 1.38. The Morgan fingerprint density at radius 3 is 3.00 bits per heavy atom. The highest BCUT2D eigenvalue weighted by Crippen LogP contribution is 2.07. The minimum absolute atomic E-state index is 0.449. The van der Waals surface area contributed by atoms with E-state index in [1.807, 2.05) is 0 Å². The van der Waals surface area contributed by atoms with E-state index in [-0.39, 0.29) is 0 Å². The fourth-order valence-electron chi connectivity index (χ4n) is 0.514. The maximum absolute atomic E-state index is 5.03. The molecule has 0 radical (unpaired) electrons. The first-order chi connectivity index (χ1) is 3.43. The Hall–Kier alpha value is 0.270. The van der Waals surface area contributed by atoms with Crippen molar-refractivity contribution in [3.8, 4) is 0 Å². The quantitative estimate of drug-likeness (QED) is 0.500. The van der Waals surface area contributed by atoms with Crippen LogP contribution in [0, 0.1) is 0 Å². The summed E-state index contributed by atoms with van der Waals surface area (Å²) in [6, 6.07) is 0. The molecule has 0 aromatic carbocycles. The van der Waals surface area contributed by atoms with Crippen LogP contribution in [0.1, 0.15) is 0 Å². The number of nitrogens with one attached hydrogen (secondary N) is 1. The summed E-state index contributed by atoms with van der Waals surface area (Å²) in [5, 5.41) is 0. The van der Waals surface area contributed by atoms with Gasteiger partial charge in [-0.1, -0.05) is 11.9 Å². The molecule has 1 aliphatic rings. The van der Waals surface area contributed by atoms with Crippen molar-refractivity contribution in [1.29, 1.82) is 0 Å². The molecule has 1 aliphatic heterocycles. The van der Waals surface area contributed by atoms with Crippen LogP contribution >= 0.6 is 11.9 Å². The molecule has 1 rings (SSSR count). The van der Waals surface area contributed by atoms with Crippen LogP contribution in [-0.2, 0) is 4.74 Å². The zero-order chi connectivity index (χ0) is 5.11. The highest BCUT2D eigenvalue weighted by Gasteiger charge is 2.12. The van der Waals surface area contributed by atoms with Gasteiger partial charge >= 0.3 is 0 Å². The predicted molar refractivity (Wildman–Crippen MR) is 31.3 cm³/mol. The molecule has 0 aromatic heterocycles. The average molecular weight is 119 g/mol. The highest BCUT2D eigenvalue weighted by atomic mass is 32.2. The summed E-state index contributed by atoms with van der Waals surface area (Å²) in [5.74, 6) is 1.09. The molecule has 0 aliphatic carbocycles. The van der Waals surface area contributed by atoms with Gasteiger partial charge in [0.1, 0.15) is 0 Å². The third kappa shape index (κ3) is 1.33. The van der Waals surface area contributed by atoms with Crippen LogP contribution in [0.15, 0.2) is 0 Å². The molecule has 0 aromatic rings. The second kappa shape index (κ2) is 2.55. The molecule has 42 valence electrons. The Morgan fingerprint density at radius 1 is 1.86 bits per heavy atom. The Kier molecular flexibility index (Phi) is 1.97. The van der Waals surface area contributed by atoms with Crippen molar-refractivity contribution in [2.45, 2.75) is 6.10 Å². The van der Waals surface area contributed by atoms with Gasteiger partial charge in [-0.3, -0.25) is 4.72 Å². The van der Waals surface area contributed by atoms with Gasteiger partial charge in [0.15, 0.2) is 0 Å². The van der Waals surface area contributed by atoms with E-state index in [2.05, 4.69) is 4.72 Å². The molecule has 1 saturated heterocycles. The molecule has 7 heavy (non-hydrogen) atoms. The minimum atomic E-state index is 0.449. The summed E-state index contributed by atoms with van der Waals surface area (Å²) < 4.78 is 8.14. The first-order valence-electron chi connectivity index (χ1n) is 2.31. The summed E-state index contributed by atoms with van der Waals surface area (Å²) in [6.07, 6.45) is 0.449. The average Bonchev–Trinajstić information content (AvgIpc) is 2.14.